The maximum Gasteiger partial charge on any atom is 0.453 e. The molecular weight excluding hydrogens is 511 g/mol. The van der Waals surface area contributed by atoms with Crippen LogP contribution in [-0.2, 0) is 6.18 Å². The highest BCUT2D eigenvalue weighted by Gasteiger charge is 2.37. The molecule has 3 aromatic heterocycles. The summed E-state index contributed by atoms with van der Waals surface area (Å²) in [6, 6.07) is 6.16. The number of aromatic carboxylic acids is 1. The van der Waals surface area contributed by atoms with Crippen LogP contribution in [0.5, 0.6) is 17.4 Å². The molecule has 0 aliphatic carbocycles. The number of anilines is 2. The normalized spacial score (nSPS) is 11.2. The van der Waals surface area contributed by atoms with Gasteiger partial charge < -0.3 is 24.6 Å². The first-order valence-corrected chi connectivity index (χ1v) is 10.7. The van der Waals surface area contributed by atoms with Crippen LogP contribution in [0.1, 0.15) is 22.0 Å². The van der Waals surface area contributed by atoms with Gasteiger partial charge in [-0.2, -0.15) is 22.8 Å². The number of hydrogen-bond acceptors (Lipinski definition) is 10. The average Bonchev–Trinajstić information content (AvgIpc) is 3.30. The number of aromatic nitrogens is 6. The summed E-state index contributed by atoms with van der Waals surface area (Å²) in [5.74, 6) is -2.14. The Labute approximate surface area is 213 Å². The summed E-state index contributed by atoms with van der Waals surface area (Å²) in [6.07, 6.45) is -2.23. The summed E-state index contributed by atoms with van der Waals surface area (Å²) in [6.45, 7) is 1.32. The van der Waals surface area contributed by atoms with Gasteiger partial charge in [0, 0.05) is 47.4 Å². The lowest BCUT2D eigenvalue weighted by molar-refractivity contribution is -0.144. The third-order valence-electron chi connectivity index (χ3n) is 5.19. The maximum atomic E-state index is 13.4. The SMILES string of the molecule is COc1cc(Nc2ncc(-c3cnc(OC)c(C(=O)O)c3)c(-n3nc(C(F)(F)F)nc3C)n2)cc(OC)c1. The summed E-state index contributed by atoms with van der Waals surface area (Å²) < 4.78 is 56.5. The maximum absolute atomic E-state index is 13.4. The molecule has 4 rings (SSSR count). The second-order valence-electron chi connectivity index (χ2n) is 7.64. The molecule has 12 nitrogen and oxygen atoms in total. The fraction of sp³-hybridized carbons (Fsp3) is 0.217. The Morgan fingerprint density at radius 2 is 1.66 bits per heavy atom. The van der Waals surface area contributed by atoms with Gasteiger partial charge in [0.25, 0.3) is 5.82 Å². The van der Waals surface area contributed by atoms with Crippen molar-refractivity contribution in [2.45, 2.75) is 13.1 Å². The minimum Gasteiger partial charge on any atom is -0.497 e. The van der Waals surface area contributed by atoms with Crippen LogP contribution in [-0.4, -0.2) is 62.1 Å². The van der Waals surface area contributed by atoms with Crippen LogP contribution in [0.25, 0.3) is 16.9 Å². The van der Waals surface area contributed by atoms with E-state index in [-0.39, 0.29) is 40.2 Å². The lowest BCUT2D eigenvalue weighted by atomic mass is 10.1. The van der Waals surface area contributed by atoms with E-state index in [1.165, 1.54) is 46.7 Å². The van der Waals surface area contributed by atoms with Crippen molar-refractivity contribution in [2.75, 3.05) is 26.6 Å². The monoisotopic (exact) mass is 531 g/mol. The fourth-order valence-electron chi connectivity index (χ4n) is 3.43. The van der Waals surface area contributed by atoms with Crippen molar-refractivity contribution in [1.29, 1.82) is 0 Å². The van der Waals surface area contributed by atoms with Crippen molar-refractivity contribution in [2.24, 2.45) is 0 Å². The molecule has 0 aliphatic rings. The zero-order chi connectivity index (χ0) is 27.6. The topological polar surface area (TPSA) is 146 Å². The van der Waals surface area contributed by atoms with Crippen LogP contribution >= 0.6 is 0 Å². The number of carbonyl (C=O) groups is 1. The highest BCUT2D eigenvalue weighted by Crippen LogP contribution is 2.32. The summed E-state index contributed by atoms with van der Waals surface area (Å²) in [4.78, 5) is 27.9. The van der Waals surface area contributed by atoms with Crippen molar-refractivity contribution in [1.82, 2.24) is 29.7 Å². The van der Waals surface area contributed by atoms with Gasteiger partial charge in [-0.05, 0) is 13.0 Å². The van der Waals surface area contributed by atoms with Crippen molar-refractivity contribution in [3.8, 4) is 34.3 Å². The average molecular weight is 531 g/mol. The number of nitrogens with zero attached hydrogens (tertiary/aromatic N) is 6. The lowest BCUT2D eigenvalue weighted by Crippen LogP contribution is -2.11. The molecule has 15 heteroatoms. The van der Waals surface area contributed by atoms with Crippen molar-refractivity contribution in [3.05, 3.63) is 53.9 Å². The van der Waals surface area contributed by atoms with E-state index in [0.29, 0.717) is 17.2 Å². The molecule has 38 heavy (non-hydrogen) atoms. The number of methoxy groups -OCH3 is 3. The Kier molecular flexibility index (Phi) is 7.01. The molecule has 0 saturated heterocycles. The first-order valence-electron chi connectivity index (χ1n) is 10.7. The van der Waals surface area contributed by atoms with Crippen LogP contribution in [0.15, 0.2) is 36.7 Å². The van der Waals surface area contributed by atoms with Crippen LogP contribution < -0.4 is 19.5 Å². The number of benzene rings is 1. The number of halogens is 3. The number of carboxylic acid groups (broad SMARTS) is 1. The summed E-state index contributed by atoms with van der Waals surface area (Å²) in [5.41, 5.74) is 0.521. The van der Waals surface area contributed by atoms with E-state index in [2.05, 4.69) is 30.4 Å². The molecule has 1 aromatic carbocycles. The Bertz CT molecular complexity index is 1490. The number of alkyl halides is 3. The molecule has 3 heterocycles. The Hall–Kier alpha value is -4.95. The Morgan fingerprint density at radius 1 is 0.974 bits per heavy atom. The van der Waals surface area contributed by atoms with Gasteiger partial charge in [-0.15, -0.1) is 5.10 Å². The van der Waals surface area contributed by atoms with E-state index >= 15 is 0 Å². The largest absolute Gasteiger partial charge is 0.497 e. The molecule has 0 aliphatic heterocycles. The van der Waals surface area contributed by atoms with Crippen molar-refractivity contribution >= 4 is 17.6 Å². The summed E-state index contributed by atoms with van der Waals surface area (Å²) in [5, 5.41) is 16.1. The van der Waals surface area contributed by atoms with Gasteiger partial charge >= 0.3 is 12.1 Å². The molecule has 0 unspecified atom stereocenters. The first-order chi connectivity index (χ1) is 18.0. The molecule has 4 aromatic rings. The van der Waals surface area contributed by atoms with E-state index in [1.807, 2.05) is 0 Å². The molecule has 0 radical (unpaired) electrons. The van der Waals surface area contributed by atoms with Gasteiger partial charge in [0.2, 0.25) is 11.8 Å². The molecule has 0 bridgehead atoms. The van der Waals surface area contributed by atoms with Gasteiger partial charge in [0.1, 0.15) is 22.9 Å². The molecule has 0 spiro atoms. The third kappa shape index (κ3) is 5.25. The van der Waals surface area contributed by atoms with Crippen LogP contribution in [0.2, 0.25) is 0 Å². The highest BCUT2D eigenvalue weighted by molar-refractivity contribution is 5.92. The van der Waals surface area contributed by atoms with Crippen molar-refractivity contribution in [3.63, 3.8) is 0 Å². The molecule has 0 amide bonds. The number of nitrogens with one attached hydrogen (secondary N) is 1. The highest BCUT2D eigenvalue weighted by atomic mass is 19.4. The first kappa shape index (κ1) is 26.1. The molecule has 2 N–H and O–H groups in total. The second kappa shape index (κ2) is 10.2. The molecule has 0 atom stereocenters. The third-order valence-corrected chi connectivity index (χ3v) is 5.19. The fourth-order valence-corrected chi connectivity index (χ4v) is 3.43. The van der Waals surface area contributed by atoms with Gasteiger partial charge in [-0.1, -0.05) is 0 Å². The number of ether oxygens (including phenoxy) is 3. The summed E-state index contributed by atoms with van der Waals surface area (Å²) in [7, 11) is 4.21. The lowest BCUT2D eigenvalue weighted by Gasteiger charge is -2.14. The number of hydrogen-bond donors (Lipinski definition) is 2. The molecular formula is C23H20F3N7O5. The Balaban J connectivity index is 1.89. The standard InChI is InChI=1S/C23H20F3N7O5/c1-11-29-21(23(24,25)26)32-33(11)18-17(12-5-16(20(34)35)19(38-4)27-9-12)10-28-22(31-18)30-13-6-14(36-2)8-15(7-13)37-3/h5-10H,1-4H3,(H,34,35)(H,28,30,31). The van der Waals surface area contributed by atoms with E-state index in [9.17, 15) is 23.1 Å². The van der Waals surface area contributed by atoms with E-state index in [1.54, 1.807) is 18.2 Å². The molecule has 0 fully saturated rings. The molecule has 198 valence electrons. The van der Waals surface area contributed by atoms with Gasteiger partial charge in [-0.25, -0.2) is 19.7 Å². The zero-order valence-corrected chi connectivity index (χ0v) is 20.4. The molecule has 0 saturated carbocycles. The number of aryl methyl sites for hydroxylation is 1. The smallest absolute Gasteiger partial charge is 0.453 e. The van der Waals surface area contributed by atoms with Gasteiger partial charge in [0.15, 0.2) is 5.82 Å². The number of rotatable bonds is 8. The summed E-state index contributed by atoms with van der Waals surface area (Å²) >= 11 is 0. The van der Waals surface area contributed by atoms with Gasteiger partial charge in [-0.3, -0.25) is 0 Å². The van der Waals surface area contributed by atoms with E-state index in [4.69, 9.17) is 14.2 Å². The van der Waals surface area contributed by atoms with Gasteiger partial charge in [0.05, 0.1) is 21.3 Å². The zero-order valence-electron chi connectivity index (χ0n) is 20.4. The van der Waals surface area contributed by atoms with Crippen LogP contribution in [0.3, 0.4) is 0 Å². The minimum atomic E-state index is -4.81. The second-order valence-corrected chi connectivity index (χ2v) is 7.64. The van der Waals surface area contributed by atoms with Crippen molar-refractivity contribution < 1.29 is 37.3 Å². The number of carboxylic acids is 1. The van der Waals surface area contributed by atoms with E-state index in [0.717, 1.165) is 4.68 Å². The van der Waals surface area contributed by atoms with Crippen LogP contribution in [0, 0.1) is 6.92 Å². The quantitative estimate of drug-likeness (QED) is 0.341. The van der Waals surface area contributed by atoms with E-state index < -0.39 is 18.0 Å². The predicted octanol–water partition coefficient (Wildman–Crippen LogP) is 3.91. The minimum absolute atomic E-state index is 0.0116. The number of pyridine rings is 1. The van der Waals surface area contributed by atoms with Crippen LogP contribution in [0.4, 0.5) is 24.8 Å². The predicted molar refractivity (Wildman–Crippen MR) is 126 cm³/mol. The Morgan fingerprint density at radius 3 is 2.21 bits per heavy atom.